The van der Waals surface area contributed by atoms with E-state index in [-0.39, 0.29) is 34.1 Å². The number of rotatable bonds is 7. The maximum Gasteiger partial charge on any atom is 0.352 e. The summed E-state index contributed by atoms with van der Waals surface area (Å²) in [6.07, 6.45) is 3.13. The van der Waals surface area contributed by atoms with Crippen LogP contribution < -0.4 is 16.4 Å². The first-order valence-corrected chi connectivity index (χ1v) is 13.3. The van der Waals surface area contributed by atoms with E-state index in [2.05, 4.69) is 20.8 Å². The van der Waals surface area contributed by atoms with Gasteiger partial charge in [-0.1, -0.05) is 5.16 Å². The Bertz CT molecular complexity index is 1250. The molecule has 1 aromatic heterocycles. The van der Waals surface area contributed by atoms with Crippen LogP contribution in [0.25, 0.3) is 0 Å². The van der Waals surface area contributed by atoms with Gasteiger partial charge in [-0.3, -0.25) is 19.3 Å². The lowest BCUT2D eigenvalue weighted by Gasteiger charge is -2.49. The molecule has 1 aromatic rings. The number of aromatic nitrogens is 1. The third-order valence-corrected chi connectivity index (χ3v) is 8.37. The predicted octanol–water partition coefficient (Wildman–Crippen LogP) is 0.431. The van der Waals surface area contributed by atoms with Crippen molar-refractivity contribution < 1.29 is 29.1 Å². The summed E-state index contributed by atoms with van der Waals surface area (Å²) in [5.41, 5.74) is 7.52. The van der Waals surface area contributed by atoms with Crippen molar-refractivity contribution in [3.05, 3.63) is 33.5 Å². The number of hydrogen-bond donors (Lipinski definition) is 4. The van der Waals surface area contributed by atoms with Crippen molar-refractivity contribution in [2.45, 2.75) is 37.1 Å². The third kappa shape index (κ3) is 4.23. The van der Waals surface area contributed by atoms with Gasteiger partial charge >= 0.3 is 5.97 Å². The molecule has 5 rings (SSSR count). The molecular weight excluding hydrogens is 508 g/mol. The zero-order valence-electron chi connectivity index (χ0n) is 19.3. The summed E-state index contributed by atoms with van der Waals surface area (Å²) in [6, 6.07) is -0.952. The standard InChI is InChI=1S/C22H24N6O6S2/c1-34-27-14(12-8-36-22(23)25-12)18(30)26-15-19(31)28-16(21(32)33)11(7-35-20(15)28)13(9-4-5-9)10-3-2-6-24-17(10)29/h8-9,15,20H,2-7H2,1H3,(H2,23,25)(H,24,29)(H,26,30)(H,32,33)/t15-,20-/m1/s1. The number of carboxylic acid groups (broad SMARTS) is 1. The molecule has 36 heavy (non-hydrogen) atoms. The number of piperidine rings is 1. The fraction of sp³-hybridized carbons (Fsp3) is 0.455. The summed E-state index contributed by atoms with van der Waals surface area (Å²) in [7, 11) is 1.28. The number of hydrogen-bond acceptors (Lipinski definition) is 10. The number of carbonyl (C=O) groups is 4. The molecule has 12 nitrogen and oxygen atoms in total. The van der Waals surface area contributed by atoms with E-state index in [1.54, 1.807) is 5.38 Å². The molecule has 0 aromatic carbocycles. The molecule has 14 heteroatoms. The molecule has 5 N–H and O–H groups in total. The highest BCUT2D eigenvalue weighted by Crippen LogP contribution is 2.49. The molecule has 4 aliphatic rings. The molecule has 3 fully saturated rings. The highest BCUT2D eigenvalue weighted by Gasteiger charge is 2.55. The van der Waals surface area contributed by atoms with Gasteiger partial charge in [0.15, 0.2) is 10.8 Å². The number of aliphatic carboxylic acids is 1. The zero-order valence-corrected chi connectivity index (χ0v) is 20.9. The molecule has 1 aliphatic carbocycles. The number of thiazole rings is 1. The van der Waals surface area contributed by atoms with Crippen LogP contribution in [-0.4, -0.2) is 75.2 Å². The number of carbonyl (C=O) groups excluding carboxylic acids is 3. The smallest absolute Gasteiger partial charge is 0.352 e. The second-order valence-electron chi connectivity index (χ2n) is 8.71. The van der Waals surface area contributed by atoms with Crippen LogP contribution >= 0.6 is 23.1 Å². The number of oxime groups is 1. The van der Waals surface area contributed by atoms with Gasteiger partial charge in [-0.25, -0.2) is 9.78 Å². The highest BCUT2D eigenvalue weighted by atomic mass is 32.2. The molecule has 0 bridgehead atoms. The molecule has 3 aliphatic heterocycles. The number of fused-ring (bicyclic) bond motifs is 1. The SMILES string of the molecule is CON=C(C(=O)N[C@@H]1C(=O)N2C(C(=O)O)=C(C(=C3CCCNC3=O)C3CC3)CS[C@H]12)c1csc(N)n1. The van der Waals surface area contributed by atoms with Crippen LogP contribution in [0.1, 0.15) is 31.4 Å². The van der Waals surface area contributed by atoms with Crippen molar-refractivity contribution in [2.75, 3.05) is 25.1 Å². The van der Waals surface area contributed by atoms with E-state index in [1.807, 2.05) is 0 Å². The molecule has 190 valence electrons. The average molecular weight is 533 g/mol. The Morgan fingerprint density at radius 2 is 2.14 bits per heavy atom. The second kappa shape index (κ2) is 9.58. The molecule has 0 unspecified atom stereocenters. The minimum absolute atomic E-state index is 0.111. The Kier molecular flexibility index (Phi) is 6.47. The van der Waals surface area contributed by atoms with Crippen LogP contribution in [0.2, 0.25) is 0 Å². The first kappa shape index (κ1) is 24.3. The van der Waals surface area contributed by atoms with Gasteiger partial charge < -0.3 is 26.3 Å². The van der Waals surface area contributed by atoms with Gasteiger partial charge in [0.05, 0.1) is 0 Å². The Labute approximate surface area is 214 Å². The molecule has 1 saturated carbocycles. The lowest BCUT2D eigenvalue weighted by molar-refractivity contribution is -0.150. The molecule has 0 radical (unpaired) electrons. The van der Waals surface area contributed by atoms with Crippen LogP contribution in [0, 0.1) is 5.92 Å². The monoisotopic (exact) mass is 532 g/mol. The van der Waals surface area contributed by atoms with Crippen molar-refractivity contribution in [1.29, 1.82) is 0 Å². The number of nitrogen functional groups attached to an aromatic ring is 1. The van der Waals surface area contributed by atoms with Gasteiger partial charge in [-0.05, 0) is 42.7 Å². The predicted molar refractivity (Wildman–Crippen MR) is 132 cm³/mol. The number of nitrogens with zero attached hydrogens (tertiary/aromatic N) is 3. The molecule has 3 amide bonds. The highest BCUT2D eigenvalue weighted by molar-refractivity contribution is 8.00. The van der Waals surface area contributed by atoms with Crippen LogP contribution in [0.3, 0.4) is 0 Å². The summed E-state index contributed by atoms with van der Waals surface area (Å²) in [5.74, 6) is -2.20. The van der Waals surface area contributed by atoms with E-state index in [0.717, 1.165) is 36.2 Å². The van der Waals surface area contributed by atoms with E-state index >= 15 is 0 Å². The lowest BCUT2D eigenvalue weighted by Crippen LogP contribution is -2.71. The quantitative estimate of drug-likeness (QED) is 0.168. The number of nitrogens with one attached hydrogen (secondary N) is 2. The average Bonchev–Trinajstić information content (AvgIpc) is 3.60. The molecule has 4 heterocycles. The summed E-state index contributed by atoms with van der Waals surface area (Å²) >= 11 is 2.48. The van der Waals surface area contributed by atoms with Gasteiger partial charge in [-0.2, -0.15) is 0 Å². The van der Waals surface area contributed by atoms with E-state index in [4.69, 9.17) is 10.6 Å². The molecular formula is C22H24N6O6S2. The number of nitrogens with two attached hydrogens (primary N) is 1. The third-order valence-electron chi connectivity index (χ3n) is 6.42. The molecule has 2 saturated heterocycles. The van der Waals surface area contributed by atoms with E-state index in [9.17, 15) is 24.3 Å². The zero-order chi connectivity index (χ0) is 25.6. The van der Waals surface area contributed by atoms with E-state index in [0.29, 0.717) is 29.9 Å². The van der Waals surface area contributed by atoms with Crippen LogP contribution in [0.15, 0.2) is 33.0 Å². The number of carboxylic acids is 1. The molecule has 0 spiro atoms. The summed E-state index contributed by atoms with van der Waals surface area (Å²) in [4.78, 5) is 61.1. The lowest BCUT2D eigenvalue weighted by atomic mass is 9.89. The second-order valence-corrected chi connectivity index (χ2v) is 10.7. The fourth-order valence-corrected chi connectivity index (χ4v) is 6.63. The first-order chi connectivity index (χ1) is 17.3. The first-order valence-electron chi connectivity index (χ1n) is 11.4. The van der Waals surface area contributed by atoms with E-state index in [1.165, 1.54) is 23.8 Å². The Hall–Kier alpha value is -3.39. The topological polar surface area (TPSA) is 176 Å². The Morgan fingerprint density at radius 3 is 2.75 bits per heavy atom. The van der Waals surface area contributed by atoms with E-state index < -0.39 is 29.2 Å². The van der Waals surface area contributed by atoms with Crippen LogP contribution in [0.5, 0.6) is 0 Å². The number of amides is 3. The van der Waals surface area contributed by atoms with Crippen molar-refractivity contribution in [2.24, 2.45) is 11.1 Å². The van der Waals surface area contributed by atoms with Gasteiger partial charge in [0, 0.05) is 23.3 Å². The van der Waals surface area contributed by atoms with Crippen molar-refractivity contribution in [1.82, 2.24) is 20.5 Å². The van der Waals surface area contributed by atoms with Gasteiger partial charge in [0.1, 0.15) is 29.9 Å². The summed E-state index contributed by atoms with van der Waals surface area (Å²) in [5, 5.41) is 20.5. The summed E-state index contributed by atoms with van der Waals surface area (Å²) in [6.45, 7) is 0.593. The normalized spacial score (nSPS) is 25.6. The maximum absolute atomic E-state index is 13.2. The number of anilines is 1. The molecule has 2 atom stereocenters. The van der Waals surface area contributed by atoms with Gasteiger partial charge in [0.25, 0.3) is 11.8 Å². The number of thioether (sulfide) groups is 1. The number of allylic oxidation sites excluding steroid dienone is 1. The van der Waals surface area contributed by atoms with Crippen LogP contribution in [0.4, 0.5) is 5.13 Å². The van der Waals surface area contributed by atoms with Gasteiger partial charge in [0.2, 0.25) is 5.91 Å². The Balaban J connectivity index is 1.43. The van der Waals surface area contributed by atoms with Crippen LogP contribution in [-0.2, 0) is 24.0 Å². The number of β-lactam (4-membered cyclic amide) rings is 1. The van der Waals surface area contributed by atoms with Crippen molar-refractivity contribution in [3.63, 3.8) is 0 Å². The summed E-state index contributed by atoms with van der Waals surface area (Å²) < 4.78 is 0. The largest absolute Gasteiger partial charge is 0.477 e. The minimum Gasteiger partial charge on any atom is -0.477 e. The maximum atomic E-state index is 13.2. The fourth-order valence-electron chi connectivity index (χ4n) is 4.72. The minimum atomic E-state index is -1.23. The van der Waals surface area contributed by atoms with Crippen molar-refractivity contribution >= 4 is 57.6 Å². The van der Waals surface area contributed by atoms with Crippen molar-refractivity contribution in [3.8, 4) is 0 Å². The Morgan fingerprint density at radius 1 is 1.36 bits per heavy atom. The van der Waals surface area contributed by atoms with Gasteiger partial charge in [-0.15, -0.1) is 23.1 Å².